The molecule has 1 saturated heterocycles. The molecule has 4 heterocycles. The van der Waals surface area contributed by atoms with Crippen LogP contribution in [0.2, 0.25) is 0 Å². The fourth-order valence-electron chi connectivity index (χ4n) is 9.91. The number of phosphoric acid groups is 3. The Bertz CT molecular complexity index is 3890. The van der Waals surface area contributed by atoms with Crippen LogP contribution in [0.5, 0.6) is 0 Å². The number of aliphatic hydroxyl groups excluding tert-OH is 1. The van der Waals surface area contributed by atoms with Crippen molar-refractivity contribution in [1.82, 2.24) is 19.4 Å². The highest BCUT2D eigenvalue weighted by Crippen LogP contribution is 2.66. The summed E-state index contributed by atoms with van der Waals surface area (Å²) in [5.41, 5.74) is 1.74. The predicted octanol–water partition coefficient (Wildman–Crippen LogP) is 4.87. The molecule has 4 aliphatic rings. The smallest absolute Gasteiger partial charge is 0.490 e. The number of hydrogen-bond acceptors (Lipinski definition) is 18. The van der Waals surface area contributed by atoms with Crippen LogP contribution >= 0.6 is 23.5 Å². The normalized spacial score (nSPS) is 20.5. The molecule has 1 aliphatic carbocycles. The van der Waals surface area contributed by atoms with E-state index in [1.807, 2.05) is 80.6 Å². The molecule has 8 N–H and O–H groups in total. The Morgan fingerprint density at radius 3 is 2.34 bits per heavy atom. The molecule has 0 saturated carbocycles. The number of carbonyl (C=O) groups is 1. The van der Waals surface area contributed by atoms with Crippen LogP contribution in [0.3, 0.4) is 0 Å². The lowest BCUT2D eigenvalue weighted by molar-refractivity contribution is -0.121. The number of amides is 1. The number of carbonyl (C=O) groups excluding carboxylic acids is 1. The monoisotopic (exact) mass is 1250 g/mol. The van der Waals surface area contributed by atoms with Crippen LogP contribution < -0.4 is 31.4 Å². The minimum atomic E-state index is -5.84. The molecule has 7 rings (SSSR count). The molecule has 6 atom stereocenters. The van der Waals surface area contributed by atoms with Crippen molar-refractivity contribution in [1.29, 1.82) is 0 Å². The van der Waals surface area contributed by atoms with Crippen molar-refractivity contribution in [2.45, 2.75) is 88.5 Å². The maximum Gasteiger partial charge on any atom is 0.490 e. The summed E-state index contributed by atoms with van der Waals surface area (Å²) in [7, 11) is -26.5. The van der Waals surface area contributed by atoms with E-state index in [0.717, 1.165) is 51.5 Å². The van der Waals surface area contributed by atoms with Crippen LogP contribution in [0.25, 0.3) is 34.8 Å². The number of ether oxygens (including phenoxy) is 1. The molecule has 450 valence electrons. The van der Waals surface area contributed by atoms with Gasteiger partial charge in [0.15, 0.2) is 0 Å². The van der Waals surface area contributed by atoms with Gasteiger partial charge in [-0.3, -0.25) is 28.2 Å². The summed E-state index contributed by atoms with van der Waals surface area (Å²) in [4.78, 5) is 79.2. The lowest BCUT2D eigenvalue weighted by atomic mass is 9.77. The van der Waals surface area contributed by atoms with E-state index in [4.69, 9.17) is 18.9 Å². The van der Waals surface area contributed by atoms with Crippen molar-refractivity contribution in [2.24, 2.45) is 0 Å². The van der Waals surface area contributed by atoms with E-state index in [-0.39, 0.29) is 50.8 Å². The second-order valence-corrected chi connectivity index (χ2v) is 26.8. The van der Waals surface area contributed by atoms with Crippen LogP contribution in [0.4, 0.5) is 5.69 Å². The Morgan fingerprint density at radius 2 is 1.67 bits per heavy atom. The first-order chi connectivity index (χ1) is 38.8. The van der Waals surface area contributed by atoms with Crippen LogP contribution in [-0.4, -0.2) is 117 Å². The average Bonchev–Trinajstić information content (AvgIpc) is 3.82. The van der Waals surface area contributed by atoms with E-state index in [0.29, 0.717) is 28.5 Å². The maximum absolute atomic E-state index is 13.4. The SMILES string of the molecule is CC[N+](CC)=c1ccc2c(/C=C/C=C3\N(CCCS(=O)(=O)[O-])c4ccc(S(=O)(=O)O)cc4C3(C)CCCC(=O)NC/C=C/c3cn([C@H]4C[C@H](O)[C@@H](COP(=O)(O)OP(=O)(O)OP(=O)(O)O)O4)c(=O)[nH]c3=O)c(C)c(-c3ccccc3)oc-2c1. The molecule has 1 fully saturated rings. The number of benzene rings is 3. The molecule has 3 aliphatic heterocycles. The largest absolute Gasteiger partial charge is 0.748 e. The zero-order valence-corrected chi connectivity index (χ0v) is 49.4. The fraction of sp³-hybridized carbons (Fsp3) is 0.373. The summed E-state index contributed by atoms with van der Waals surface area (Å²) in [6.45, 7) is 8.30. The highest BCUT2D eigenvalue weighted by molar-refractivity contribution is 7.86. The Labute approximate surface area is 476 Å². The minimum absolute atomic E-state index is 0.0121. The molecule has 83 heavy (non-hydrogen) atoms. The van der Waals surface area contributed by atoms with E-state index in [1.165, 1.54) is 30.4 Å². The molecule has 3 unspecified atom stereocenters. The summed E-state index contributed by atoms with van der Waals surface area (Å²) in [6, 6.07) is 19.7. The first-order valence-corrected chi connectivity index (χ1v) is 33.2. The zero-order valence-electron chi connectivity index (χ0n) is 45.0. The highest BCUT2D eigenvalue weighted by atomic mass is 32.2. The molecule has 1 aromatic heterocycles. The van der Waals surface area contributed by atoms with Gasteiger partial charge in [-0.2, -0.15) is 17.0 Å². The van der Waals surface area contributed by atoms with Gasteiger partial charge >= 0.3 is 29.2 Å². The number of nitrogens with zero attached hydrogens (tertiary/aromatic N) is 3. The van der Waals surface area contributed by atoms with Gasteiger partial charge in [0.05, 0.1) is 39.4 Å². The zero-order chi connectivity index (χ0) is 60.9. The van der Waals surface area contributed by atoms with Crippen molar-refractivity contribution in [3.05, 3.63) is 145 Å². The van der Waals surface area contributed by atoms with E-state index < -0.39 is 102 Å². The quantitative estimate of drug-likeness (QED) is 0.0219. The number of hydrogen-bond donors (Lipinski definition) is 8. The molecule has 1 amide bonds. The first kappa shape index (κ1) is 64.7. The number of H-pyrrole nitrogens is 1. The Morgan fingerprint density at radius 1 is 0.964 bits per heavy atom. The lowest BCUT2D eigenvalue weighted by Crippen LogP contribution is -2.33. The van der Waals surface area contributed by atoms with Crippen molar-refractivity contribution in [3.63, 3.8) is 0 Å². The third kappa shape index (κ3) is 16.5. The van der Waals surface area contributed by atoms with Gasteiger partial charge in [0, 0.05) is 77.4 Å². The molecule has 0 radical (unpaired) electrons. The van der Waals surface area contributed by atoms with Crippen molar-refractivity contribution in [2.75, 3.05) is 43.4 Å². The summed E-state index contributed by atoms with van der Waals surface area (Å²) in [5.74, 6) is 0.133. The van der Waals surface area contributed by atoms with Gasteiger partial charge in [-0.15, -0.1) is 0 Å². The number of aliphatic hydroxyl groups is 1. The second kappa shape index (κ2) is 26.2. The van der Waals surface area contributed by atoms with E-state index in [9.17, 15) is 68.9 Å². The Kier molecular flexibility index (Phi) is 20.4. The number of rotatable bonds is 25. The highest BCUT2D eigenvalue weighted by Gasteiger charge is 2.45. The van der Waals surface area contributed by atoms with Gasteiger partial charge in [0.2, 0.25) is 11.3 Å². The van der Waals surface area contributed by atoms with Gasteiger partial charge in [-0.1, -0.05) is 54.6 Å². The van der Waals surface area contributed by atoms with Crippen LogP contribution in [0, 0.1) is 6.92 Å². The van der Waals surface area contributed by atoms with E-state index in [2.05, 4.69) is 41.9 Å². The Hall–Kier alpha value is -5.81. The second-order valence-electron chi connectivity index (χ2n) is 19.5. The topological polar surface area (TPSA) is 404 Å². The molecule has 0 bridgehead atoms. The molecule has 3 aromatic rings. The van der Waals surface area contributed by atoms with Gasteiger partial charge in [0.25, 0.3) is 15.7 Å². The molecule has 27 nitrogen and oxygen atoms in total. The third-order valence-corrected chi connectivity index (χ3v) is 19.2. The molecular weight excluding hydrogens is 1190 g/mol. The lowest BCUT2D eigenvalue weighted by Gasteiger charge is -2.30. The number of aromatic nitrogens is 2. The molecule has 2 aromatic carbocycles. The molecule has 32 heteroatoms. The van der Waals surface area contributed by atoms with Crippen molar-refractivity contribution in [3.8, 4) is 22.6 Å². The standard InChI is InChI=1S/C51H62N5O22P3S2/c1-5-54(6-2)36-20-22-39-38(33(3)48(76-43(39)28-36)34-14-8-7-9-15-34)17-10-18-45-51(4,40-29-37(83(71,72)73)21-23-41(40)55(45)26-13-27-82(68,69)70)24-11-19-46(58)52-25-12-16-35-31-56(50(60)53-49(35)59)47-30-42(57)44(75-47)32-74-80(64,65)78-81(66,67)77-79(61,62)63/h7-10,12,14-18,20-23,28-29,31,42,44,47,57H,5-6,11,13,19,24-27,30,32H2,1-4H3,(H7-,52,53,58,59,60,61,62,63,64,65,66,67,68,69,70,71,72,73)/b16-12+/t42-,44+,47+,51?/m0/s1. The van der Waals surface area contributed by atoms with E-state index >= 15 is 0 Å². The minimum Gasteiger partial charge on any atom is -0.748 e. The predicted molar refractivity (Wildman–Crippen MR) is 301 cm³/mol. The number of aromatic amines is 1. The number of nitrogens with one attached hydrogen (secondary N) is 2. The Balaban J connectivity index is 1.10. The van der Waals surface area contributed by atoms with Gasteiger partial charge < -0.3 is 48.6 Å². The van der Waals surface area contributed by atoms with E-state index in [1.54, 1.807) is 4.90 Å². The van der Waals surface area contributed by atoms with Gasteiger partial charge in [-0.25, -0.2) is 31.5 Å². The van der Waals surface area contributed by atoms with Gasteiger partial charge in [0.1, 0.15) is 36.9 Å². The first-order valence-electron chi connectivity index (χ1n) is 25.7. The number of anilines is 1. The summed E-state index contributed by atoms with van der Waals surface area (Å²) >= 11 is 0. The molecule has 0 spiro atoms. The van der Waals surface area contributed by atoms with Crippen LogP contribution in [0.1, 0.15) is 81.4 Å². The van der Waals surface area contributed by atoms with Crippen LogP contribution in [-0.2, 0) is 62.0 Å². The summed E-state index contributed by atoms with van der Waals surface area (Å²) in [5, 5.41) is 14.2. The number of fused-ring (bicyclic) bond motifs is 2. The fourth-order valence-corrected chi connectivity index (χ4v) is 13.9. The maximum atomic E-state index is 13.4. The number of allylic oxidation sites excluding steroid dienone is 3. The van der Waals surface area contributed by atoms with Gasteiger partial charge in [-0.05, 0) is 88.4 Å². The summed E-state index contributed by atoms with van der Waals surface area (Å²) in [6.07, 6.45) is 4.82. The number of phosphoric ester groups is 1. The van der Waals surface area contributed by atoms with Crippen molar-refractivity contribution >= 4 is 67.5 Å². The average molecular weight is 1250 g/mol. The molecular formula is C51H62N5O22P3S2. The van der Waals surface area contributed by atoms with Crippen LogP contribution in [0.15, 0.2) is 116 Å². The van der Waals surface area contributed by atoms with Crippen molar-refractivity contribution < 1.29 is 91.4 Å². The third-order valence-electron chi connectivity index (χ3n) is 13.8. The summed E-state index contributed by atoms with van der Waals surface area (Å²) < 4.78 is 133.